The molecule has 1 aliphatic heterocycles. The van der Waals surface area contributed by atoms with E-state index in [-0.39, 0.29) is 6.79 Å². The van der Waals surface area contributed by atoms with E-state index in [9.17, 15) is 0 Å². The second-order valence-corrected chi connectivity index (χ2v) is 2.88. The molecule has 0 saturated heterocycles. The van der Waals surface area contributed by atoms with E-state index >= 15 is 0 Å². The molecule has 0 atom stereocenters. The number of aryl methyl sites for hydroxylation is 1. The van der Waals surface area contributed by atoms with E-state index in [1.54, 1.807) is 0 Å². The fraction of sp³-hybridized carbons (Fsp3) is 0.222. The maximum Gasteiger partial charge on any atom is 0.231 e. The van der Waals surface area contributed by atoms with E-state index < -0.39 is 0 Å². The number of hydrogen-bond acceptors (Lipinski definition) is 4. The van der Waals surface area contributed by atoms with Gasteiger partial charge in [0.15, 0.2) is 11.6 Å². The van der Waals surface area contributed by atoms with Crippen molar-refractivity contribution in [3.63, 3.8) is 0 Å². The summed E-state index contributed by atoms with van der Waals surface area (Å²) in [6, 6.07) is 3.70. The molecule has 1 aliphatic rings. The lowest BCUT2D eigenvalue weighted by Gasteiger charge is -1.93. The van der Waals surface area contributed by atoms with Gasteiger partial charge in [-0.3, -0.25) is 0 Å². The quantitative estimate of drug-likeness (QED) is 0.616. The van der Waals surface area contributed by atoms with Gasteiger partial charge in [-0.2, -0.15) is 0 Å². The molecule has 4 nitrogen and oxygen atoms in total. The molecule has 0 aliphatic carbocycles. The van der Waals surface area contributed by atoms with Crippen LogP contribution in [0.1, 0.15) is 5.89 Å². The maximum absolute atomic E-state index is 5.39. The first-order valence-corrected chi connectivity index (χ1v) is 4.00. The Morgan fingerprint density at radius 3 is 3.15 bits per heavy atom. The standard InChI is InChI=1S/C9H7NO3/c1-5-10-6-2-3-7-9(8(6)13-5)12-4-11-7/h2-3H,4H2,1H3. The first-order chi connectivity index (χ1) is 6.34. The summed E-state index contributed by atoms with van der Waals surface area (Å²) in [5.74, 6) is 2.03. The Labute approximate surface area is 74.1 Å². The normalized spacial score (nSPS) is 13.9. The number of hydrogen-bond donors (Lipinski definition) is 0. The Morgan fingerprint density at radius 1 is 1.31 bits per heavy atom. The Hall–Kier alpha value is -1.71. The third-order valence-electron chi connectivity index (χ3n) is 2.00. The highest BCUT2D eigenvalue weighted by molar-refractivity contribution is 5.83. The van der Waals surface area contributed by atoms with E-state index in [4.69, 9.17) is 13.9 Å². The number of oxazole rings is 1. The zero-order chi connectivity index (χ0) is 8.84. The van der Waals surface area contributed by atoms with E-state index in [2.05, 4.69) is 4.98 Å². The topological polar surface area (TPSA) is 44.5 Å². The average Bonchev–Trinajstić information content (AvgIpc) is 2.65. The van der Waals surface area contributed by atoms with Crippen LogP contribution < -0.4 is 9.47 Å². The van der Waals surface area contributed by atoms with Crippen LogP contribution >= 0.6 is 0 Å². The van der Waals surface area contributed by atoms with Crippen molar-refractivity contribution in [1.29, 1.82) is 0 Å². The Bertz CT molecular complexity index is 475. The van der Waals surface area contributed by atoms with Crippen LogP contribution in [-0.4, -0.2) is 11.8 Å². The van der Waals surface area contributed by atoms with Gasteiger partial charge in [-0.1, -0.05) is 0 Å². The molecule has 3 rings (SSSR count). The molecule has 2 heterocycles. The van der Waals surface area contributed by atoms with Crippen LogP contribution in [0, 0.1) is 6.92 Å². The van der Waals surface area contributed by atoms with Gasteiger partial charge in [0, 0.05) is 6.92 Å². The lowest BCUT2D eigenvalue weighted by Crippen LogP contribution is -1.93. The molecule has 0 fully saturated rings. The first kappa shape index (κ1) is 6.77. The van der Waals surface area contributed by atoms with E-state index in [1.165, 1.54) is 0 Å². The molecule has 0 N–H and O–H groups in total. The summed E-state index contributed by atoms with van der Waals surface area (Å²) in [4.78, 5) is 4.19. The molecular formula is C9H7NO3. The predicted molar refractivity (Wildman–Crippen MR) is 44.9 cm³/mol. The summed E-state index contributed by atoms with van der Waals surface area (Å²) in [6.07, 6.45) is 0. The lowest BCUT2D eigenvalue weighted by atomic mass is 10.3. The average molecular weight is 177 g/mol. The molecule has 0 spiro atoms. The molecule has 0 amide bonds. The predicted octanol–water partition coefficient (Wildman–Crippen LogP) is 1.86. The lowest BCUT2D eigenvalue weighted by molar-refractivity contribution is 0.174. The Morgan fingerprint density at radius 2 is 2.23 bits per heavy atom. The zero-order valence-electron chi connectivity index (χ0n) is 7.03. The summed E-state index contributed by atoms with van der Waals surface area (Å²) in [5, 5.41) is 0. The van der Waals surface area contributed by atoms with Gasteiger partial charge in [-0.15, -0.1) is 0 Å². The van der Waals surface area contributed by atoms with Gasteiger partial charge in [-0.05, 0) is 12.1 Å². The van der Waals surface area contributed by atoms with Crippen molar-refractivity contribution < 1.29 is 13.9 Å². The first-order valence-electron chi connectivity index (χ1n) is 4.00. The summed E-state index contributed by atoms with van der Waals surface area (Å²) in [5.41, 5.74) is 1.48. The van der Waals surface area contributed by atoms with Crippen molar-refractivity contribution in [2.45, 2.75) is 6.92 Å². The largest absolute Gasteiger partial charge is 0.453 e. The summed E-state index contributed by atoms with van der Waals surface area (Å²) < 4.78 is 15.9. The minimum atomic E-state index is 0.258. The van der Waals surface area contributed by atoms with Gasteiger partial charge < -0.3 is 13.9 Å². The fourth-order valence-corrected chi connectivity index (χ4v) is 1.46. The van der Waals surface area contributed by atoms with E-state index in [0.29, 0.717) is 17.2 Å². The number of aromatic nitrogens is 1. The van der Waals surface area contributed by atoms with Gasteiger partial charge in [0.05, 0.1) is 0 Å². The van der Waals surface area contributed by atoms with Gasteiger partial charge in [0.25, 0.3) is 0 Å². The number of fused-ring (bicyclic) bond motifs is 3. The van der Waals surface area contributed by atoms with Crippen LogP contribution in [0.2, 0.25) is 0 Å². The van der Waals surface area contributed by atoms with Crippen molar-refractivity contribution in [2.75, 3.05) is 6.79 Å². The van der Waals surface area contributed by atoms with Crippen LogP contribution in [0.3, 0.4) is 0 Å². The molecule has 13 heavy (non-hydrogen) atoms. The summed E-state index contributed by atoms with van der Waals surface area (Å²) in [6.45, 7) is 2.07. The van der Waals surface area contributed by atoms with Crippen LogP contribution in [0.5, 0.6) is 11.5 Å². The van der Waals surface area contributed by atoms with Crippen molar-refractivity contribution in [2.24, 2.45) is 0 Å². The molecule has 0 unspecified atom stereocenters. The molecule has 2 aromatic rings. The minimum Gasteiger partial charge on any atom is -0.453 e. The van der Waals surface area contributed by atoms with Crippen molar-refractivity contribution in [3.05, 3.63) is 18.0 Å². The van der Waals surface area contributed by atoms with Gasteiger partial charge in [-0.25, -0.2) is 4.98 Å². The molecule has 0 bridgehead atoms. The van der Waals surface area contributed by atoms with Crippen LogP contribution in [0.25, 0.3) is 11.1 Å². The SMILES string of the molecule is Cc1nc2ccc3c(c2o1)OCO3. The maximum atomic E-state index is 5.39. The highest BCUT2D eigenvalue weighted by Gasteiger charge is 2.19. The van der Waals surface area contributed by atoms with Gasteiger partial charge in [0.1, 0.15) is 5.52 Å². The number of benzene rings is 1. The number of nitrogens with zero attached hydrogens (tertiary/aromatic N) is 1. The van der Waals surface area contributed by atoms with Crippen LogP contribution in [0.4, 0.5) is 0 Å². The summed E-state index contributed by atoms with van der Waals surface area (Å²) >= 11 is 0. The highest BCUT2D eigenvalue weighted by atomic mass is 16.7. The molecular weight excluding hydrogens is 170 g/mol. The van der Waals surface area contributed by atoms with E-state index in [1.807, 2.05) is 19.1 Å². The zero-order valence-corrected chi connectivity index (χ0v) is 7.03. The minimum absolute atomic E-state index is 0.258. The molecule has 0 saturated carbocycles. The number of rotatable bonds is 0. The molecule has 0 radical (unpaired) electrons. The Balaban J connectivity index is 2.42. The van der Waals surface area contributed by atoms with Crippen molar-refractivity contribution >= 4 is 11.1 Å². The second-order valence-electron chi connectivity index (χ2n) is 2.88. The van der Waals surface area contributed by atoms with Gasteiger partial charge in [0.2, 0.25) is 18.1 Å². The number of ether oxygens (including phenoxy) is 2. The highest BCUT2D eigenvalue weighted by Crippen LogP contribution is 2.39. The smallest absolute Gasteiger partial charge is 0.231 e. The van der Waals surface area contributed by atoms with Crippen LogP contribution in [0.15, 0.2) is 16.5 Å². The third kappa shape index (κ3) is 0.824. The molecule has 4 heteroatoms. The van der Waals surface area contributed by atoms with E-state index in [0.717, 1.165) is 11.3 Å². The molecule has 1 aromatic carbocycles. The van der Waals surface area contributed by atoms with Crippen molar-refractivity contribution in [1.82, 2.24) is 4.98 Å². The second kappa shape index (κ2) is 2.16. The van der Waals surface area contributed by atoms with Crippen LogP contribution in [-0.2, 0) is 0 Å². The Kier molecular flexibility index (Phi) is 1.12. The monoisotopic (exact) mass is 177 g/mol. The molecule has 66 valence electrons. The van der Waals surface area contributed by atoms with Crippen molar-refractivity contribution in [3.8, 4) is 11.5 Å². The van der Waals surface area contributed by atoms with Gasteiger partial charge >= 0.3 is 0 Å². The third-order valence-corrected chi connectivity index (χ3v) is 2.00. The molecule has 1 aromatic heterocycles. The summed E-state index contributed by atoms with van der Waals surface area (Å²) in [7, 11) is 0. The fourth-order valence-electron chi connectivity index (χ4n) is 1.46.